The molecule has 13 rings (SSSR count). The van der Waals surface area contributed by atoms with Crippen molar-refractivity contribution in [1.29, 1.82) is 0 Å². The van der Waals surface area contributed by atoms with Crippen LogP contribution < -0.4 is 0 Å². The first-order valence-corrected chi connectivity index (χ1v) is 21.3. The van der Waals surface area contributed by atoms with Gasteiger partial charge in [0.05, 0.1) is 38.8 Å². The number of benzene rings is 9. The first kappa shape index (κ1) is 35.2. The fourth-order valence-electron chi connectivity index (χ4n) is 9.78. The van der Waals surface area contributed by atoms with Gasteiger partial charge in [0.25, 0.3) is 0 Å². The second-order valence-electron chi connectivity index (χ2n) is 16.0. The summed E-state index contributed by atoms with van der Waals surface area (Å²) in [6, 6.07) is 77.3. The molecule has 0 unspecified atom stereocenters. The van der Waals surface area contributed by atoms with E-state index >= 15 is 0 Å². The van der Waals surface area contributed by atoms with Gasteiger partial charge < -0.3 is 9.13 Å². The molecule has 0 saturated heterocycles. The number of fused-ring (bicyclic) bond motifs is 10. The summed E-state index contributed by atoms with van der Waals surface area (Å²) in [4.78, 5) is 16.0. The third-order valence-electron chi connectivity index (χ3n) is 12.5. The molecule has 6 nitrogen and oxygen atoms in total. The lowest BCUT2D eigenvalue weighted by Gasteiger charge is -2.14. The Hall–Kier alpha value is -8.61. The van der Waals surface area contributed by atoms with Crippen molar-refractivity contribution < 1.29 is 0 Å². The van der Waals surface area contributed by atoms with E-state index in [1.165, 1.54) is 16.2 Å². The highest BCUT2D eigenvalue weighted by Gasteiger charge is 2.25. The SMILES string of the molecule is c1ccc(-c2cccc(-c3nc(-c4ccccc4)nc(-n4c5ccccc5c5ccc6c7ccccc7n(-c7cccc8c7c7ccccc7n8-c7ccccc7)c6c54)n3)c2)cc1. The highest BCUT2D eigenvalue weighted by atomic mass is 15.2. The monoisotopic (exact) mass is 804 g/mol. The van der Waals surface area contributed by atoms with Gasteiger partial charge >= 0.3 is 0 Å². The zero-order chi connectivity index (χ0) is 41.4. The summed E-state index contributed by atoms with van der Waals surface area (Å²) >= 11 is 0. The van der Waals surface area contributed by atoms with E-state index in [1.807, 2.05) is 24.3 Å². The quantitative estimate of drug-likeness (QED) is 0.168. The van der Waals surface area contributed by atoms with Gasteiger partial charge in [0.1, 0.15) is 0 Å². The van der Waals surface area contributed by atoms with Crippen LogP contribution in [0.15, 0.2) is 218 Å². The summed E-state index contributed by atoms with van der Waals surface area (Å²) in [5.74, 6) is 1.77. The van der Waals surface area contributed by atoms with Gasteiger partial charge in [-0.05, 0) is 59.7 Å². The topological polar surface area (TPSA) is 53.5 Å². The molecule has 0 aliphatic heterocycles. The van der Waals surface area contributed by atoms with E-state index in [1.54, 1.807) is 0 Å². The summed E-state index contributed by atoms with van der Waals surface area (Å²) in [5.41, 5.74) is 12.9. The molecule has 63 heavy (non-hydrogen) atoms. The van der Waals surface area contributed by atoms with Crippen LogP contribution in [0.5, 0.6) is 0 Å². The van der Waals surface area contributed by atoms with Crippen LogP contribution in [-0.2, 0) is 0 Å². The molecule has 0 fully saturated rings. The summed E-state index contributed by atoms with van der Waals surface area (Å²) in [6.07, 6.45) is 0. The maximum Gasteiger partial charge on any atom is 0.238 e. The maximum atomic E-state index is 5.43. The van der Waals surface area contributed by atoms with Crippen molar-refractivity contribution in [2.45, 2.75) is 0 Å². The molecule has 0 saturated carbocycles. The Balaban J connectivity index is 1.16. The molecule has 0 radical (unpaired) electrons. The molecule has 294 valence electrons. The van der Waals surface area contributed by atoms with E-state index < -0.39 is 0 Å². The molecule has 4 heterocycles. The average molecular weight is 805 g/mol. The number of hydrogen-bond donors (Lipinski definition) is 0. The molecule has 0 N–H and O–H groups in total. The minimum Gasteiger partial charge on any atom is -0.309 e. The number of aromatic nitrogens is 6. The predicted octanol–water partition coefficient (Wildman–Crippen LogP) is 14.2. The fourth-order valence-corrected chi connectivity index (χ4v) is 9.78. The first-order chi connectivity index (χ1) is 31.3. The van der Waals surface area contributed by atoms with E-state index in [2.05, 4.69) is 208 Å². The molecule has 4 aromatic heterocycles. The molecular weight excluding hydrogens is 769 g/mol. The third-order valence-corrected chi connectivity index (χ3v) is 12.5. The van der Waals surface area contributed by atoms with Crippen LogP contribution in [-0.4, -0.2) is 28.7 Å². The molecule has 9 aromatic carbocycles. The average Bonchev–Trinajstić information content (AvgIpc) is 4.01. The van der Waals surface area contributed by atoms with Crippen molar-refractivity contribution in [1.82, 2.24) is 28.7 Å². The van der Waals surface area contributed by atoms with Crippen LogP contribution in [0.2, 0.25) is 0 Å². The van der Waals surface area contributed by atoms with Gasteiger partial charge in [-0.1, -0.05) is 170 Å². The molecule has 0 aliphatic rings. The Kier molecular flexibility index (Phi) is 7.80. The van der Waals surface area contributed by atoms with Crippen LogP contribution in [0, 0.1) is 0 Å². The van der Waals surface area contributed by atoms with Crippen LogP contribution in [0.1, 0.15) is 0 Å². The standard InChI is InChI=1S/C57H36N6/c1-4-18-37(19-5-1)39-22-16-23-40(36-39)56-58-55(38-20-6-2-7-21-38)59-57(60-56)63-48-30-14-11-27-43(48)45-35-34-44-42-26-10-13-29-47(42)62(53(44)54(45)63)51-33-17-32-50-52(51)46-28-12-15-31-49(46)61(50)41-24-8-3-9-25-41/h1-36H. The second kappa shape index (κ2) is 14.0. The van der Waals surface area contributed by atoms with E-state index in [0.717, 1.165) is 82.9 Å². The molecular formula is C57H36N6. The summed E-state index contributed by atoms with van der Waals surface area (Å²) in [6.45, 7) is 0. The van der Waals surface area contributed by atoms with Crippen molar-refractivity contribution >= 4 is 65.4 Å². The lowest BCUT2D eigenvalue weighted by atomic mass is 10.0. The lowest BCUT2D eigenvalue weighted by Crippen LogP contribution is -2.07. The Morgan fingerprint density at radius 1 is 0.286 bits per heavy atom. The normalized spacial score (nSPS) is 11.8. The number of rotatable bonds is 6. The lowest BCUT2D eigenvalue weighted by molar-refractivity contribution is 0.953. The Morgan fingerprint density at radius 3 is 1.44 bits per heavy atom. The molecule has 0 amide bonds. The van der Waals surface area contributed by atoms with Crippen LogP contribution in [0.3, 0.4) is 0 Å². The minimum atomic E-state index is 0.554. The summed E-state index contributed by atoms with van der Waals surface area (Å²) < 4.78 is 7.14. The van der Waals surface area contributed by atoms with E-state index in [4.69, 9.17) is 15.0 Å². The smallest absolute Gasteiger partial charge is 0.238 e. The predicted molar refractivity (Wildman–Crippen MR) is 259 cm³/mol. The zero-order valence-electron chi connectivity index (χ0n) is 34.0. The zero-order valence-corrected chi connectivity index (χ0v) is 34.0. The van der Waals surface area contributed by atoms with Gasteiger partial charge in [-0.25, -0.2) is 4.98 Å². The van der Waals surface area contributed by atoms with Gasteiger partial charge in [-0.15, -0.1) is 0 Å². The Morgan fingerprint density at radius 2 is 0.762 bits per heavy atom. The van der Waals surface area contributed by atoms with Crippen molar-refractivity contribution in [3.8, 4) is 51.2 Å². The first-order valence-electron chi connectivity index (χ1n) is 21.3. The maximum absolute atomic E-state index is 5.43. The van der Waals surface area contributed by atoms with Crippen molar-refractivity contribution in [3.63, 3.8) is 0 Å². The Labute approximate surface area is 362 Å². The minimum absolute atomic E-state index is 0.554. The van der Waals surface area contributed by atoms with Gasteiger partial charge in [0.2, 0.25) is 5.95 Å². The molecule has 0 aliphatic carbocycles. The number of hydrogen-bond acceptors (Lipinski definition) is 3. The highest BCUT2D eigenvalue weighted by molar-refractivity contribution is 6.25. The van der Waals surface area contributed by atoms with E-state index in [0.29, 0.717) is 17.6 Å². The summed E-state index contributed by atoms with van der Waals surface area (Å²) in [5, 5.41) is 6.95. The molecule has 0 atom stereocenters. The van der Waals surface area contributed by atoms with E-state index in [-0.39, 0.29) is 0 Å². The molecule has 6 heteroatoms. The van der Waals surface area contributed by atoms with Gasteiger partial charge in [-0.2, -0.15) is 9.97 Å². The fraction of sp³-hybridized carbons (Fsp3) is 0. The molecule has 13 aromatic rings. The van der Waals surface area contributed by atoms with Crippen LogP contribution >= 0.6 is 0 Å². The number of nitrogens with zero attached hydrogens (tertiary/aromatic N) is 6. The van der Waals surface area contributed by atoms with Crippen molar-refractivity contribution in [2.75, 3.05) is 0 Å². The van der Waals surface area contributed by atoms with Crippen molar-refractivity contribution in [3.05, 3.63) is 218 Å². The summed E-state index contributed by atoms with van der Waals surface area (Å²) in [7, 11) is 0. The van der Waals surface area contributed by atoms with Crippen LogP contribution in [0.4, 0.5) is 0 Å². The van der Waals surface area contributed by atoms with Crippen molar-refractivity contribution in [2.24, 2.45) is 0 Å². The third kappa shape index (κ3) is 5.41. The van der Waals surface area contributed by atoms with Gasteiger partial charge in [-0.3, -0.25) is 4.57 Å². The molecule has 0 bridgehead atoms. The largest absolute Gasteiger partial charge is 0.309 e. The Bertz CT molecular complexity index is 3900. The van der Waals surface area contributed by atoms with E-state index in [9.17, 15) is 0 Å². The second-order valence-corrected chi connectivity index (χ2v) is 16.0. The van der Waals surface area contributed by atoms with Gasteiger partial charge in [0.15, 0.2) is 11.6 Å². The van der Waals surface area contributed by atoms with Gasteiger partial charge in [0, 0.05) is 49.1 Å². The number of para-hydroxylation sites is 4. The van der Waals surface area contributed by atoms with Crippen LogP contribution in [0.25, 0.3) is 117 Å². The molecule has 0 spiro atoms. The highest BCUT2D eigenvalue weighted by Crippen LogP contribution is 2.44.